The first kappa shape index (κ1) is 25.4. The zero-order chi connectivity index (χ0) is 25.7. The molecule has 3 aromatic carbocycles. The maximum atomic E-state index is 14.0. The number of hydrogen-bond acceptors (Lipinski definition) is 4. The molecule has 186 valence electrons. The number of likely N-dealkylation sites (N-methyl/N-ethyl adjacent to an activating group) is 1. The first-order valence-corrected chi connectivity index (χ1v) is 12.3. The number of fused-ring (bicyclic) bond motifs is 1. The Bertz CT molecular complexity index is 1380. The van der Waals surface area contributed by atoms with Crippen molar-refractivity contribution >= 4 is 16.7 Å². The van der Waals surface area contributed by atoms with E-state index in [-0.39, 0.29) is 30.2 Å². The predicted octanol–water partition coefficient (Wildman–Crippen LogP) is 4.68. The predicted molar refractivity (Wildman–Crippen MR) is 144 cm³/mol. The van der Waals surface area contributed by atoms with E-state index in [1.807, 2.05) is 105 Å². The van der Waals surface area contributed by atoms with E-state index in [2.05, 4.69) is 5.32 Å². The highest BCUT2D eigenvalue weighted by Gasteiger charge is 2.26. The number of carbonyl (C=O) groups excluding carboxylic acids is 1. The van der Waals surface area contributed by atoms with Gasteiger partial charge in [-0.05, 0) is 44.2 Å². The molecular weight excluding hydrogens is 450 g/mol. The van der Waals surface area contributed by atoms with Crippen molar-refractivity contribution in [2.75, 3.05) is 13.7 Å². The third-order valence-corrected chi connectivity index (χ3v) is 6.76. The molecule has 2 N–H and O–H groups in total. The summed E-state index contributed by atoms with van der Waals surface area (Å²) >= 11 is 0. The molecule has 0 fully saturated rings. The van der Waals surface area contributed by atoms with Gasteiger partial charge >= 0.3 is 0 Å². The molecule has 1 heterocycles. The minimum absolute atomic E-state index is 0.0346. The van der Waals surface area contributed by atoms with Crippen LogP contribution in [0.5, 0.6) is 0 Å². The lowest BCUT2D eigenvalue weighted by Gasteiger charge is -2.27. The highest BCUT2D eigenvalue weighted by Crippen LogP contribution is 2.26. The molecule has 0 bridgehead atoms. The topological polar surface area (TPSA) is 74.6 Å². The largest absolute Gasteiger partial charge is 0.395 e. The van der Waals surface area contributed by atoms with E-state index in [1.54, 1.807) is 10.6 Å². The number of para-hydroxylation sites is 1. The molecule has 0 aliphatic heterocycles. The maximum Gasteiger partial charge on any atom is 0.263 e. The monoisotopic (exact) mass is 483 g/mol. The zero-order valence-corrected chi connectivity index (χ0v) is 21.0. The molecule has 1 aromatic heterocycles. The van der Waals surface area contributed by atoms with Crippen LogP contribution >= 0.6 is 0 Å². The number of benzene rings is 3. The first-order valence-electron chi connectivity index (χ1n) is 12.3. The van der Waals surface area contributed by atoms with Gasteiger partial charge in [0.05, 0.1) is 23.9 Å². The standard InChI is InChI=1S/C30H33N3O3/c1-4-26(22-13-7-5-8-14-22)31-29(35)28-24-17-11-12-18-25(24)30(36)33(23-15-9-6-10-16-23)27(28)19-32(3)21(2)20-34/h5-18,21,26,34H,4,19-20H2,1-3H3,(H,31,35)/t21-,26?/m0/s1. The average molecular weight is 484 g/mol. The van der Waals surface area contributed by atoms with Crippen LogP contribution in [0.25, 0.3) is 16.5 Å². The number of nitrogens with zero attached hydrogens (tertiary/aromatic N) is 2. The molecule has 0 saturated carbocycles. The third-order valence-electron chi connectivity index (χ3n) is 6.76. The second kappa shape index (κ2) is 11.3. The summed E-state index contributed by atoms with van der Waals surface area (Å²) in [7, 11) is 1.89. The Balaban J connectivity index is 1.95. The highest BCUT2D eigenvalue weighted by molar-refractivity contribution is 6.08. The number of rotatable bonds is 9. The summed E-state index contributed by atoms with van der Waals surface area (Å²) in [6.07, 6.45) is 0.725. The van der Waals surface area contributed by atoms with Crippen LogP contribution in [0.3, 0.4) is 0 Å². The summed E-state index contributed by atoms with van der Waals surface area (Å²) in [5.41, 5.74) is 2.61. The van der Waals surface area contributed by atoms with Crippen LogP contribution in [0.15, 0.2) is 89.7 Å². The molecule has 0 saturated heterocycles. The van der Waals surface area contributed by atoms with E-state index in [0.717, 1.165) is 12.0 Å². The summed E-state index contributed by atoms with van der Waals surface area (Å²) in [6, 6.07) is 26.3. The van der Waals surface area contributed by atoms with Gasteiger partial charge in [-0.1, -0.05) is 73.7 Å². The van der Waals surface area contributed by atoms with Gasteiger partial charge in [0.1, 0.15) is 0 Å². The van der Waals surface area contributed by atoms with Crippen molar-refractivity contribution in [3.05, 3.63) is 112 Å². The fourth-order valence-electron chi connectivity index (χ4n) is 4.52. The van der Waals surface area contributed by atoms with Gasteiger partial charge in [0.15, 0.2) is 0 Å². The van der Waals surface area contributed by atoms with Crippen molar-refractivity contribution in [3.63, 3.8) is 0 Å². The van der Waals surface area contributed by atoms with Gasteiger partial charge in [-0.2, -0.15) is 0 Å². The molecule has 6 nitrogen and oxygen atoms in total. The van der Waals surface area contributed by atoms with Crippen LogP contribution in [0.4, 0.5) is 0 Å². The molecule has 2 atom stereocenters. The van der Waals surface area contributed by atoms with Gasteiger partial charge in [0, 0.05) is 29.0 Å². The van der Waals surface area contributed by atoms with Gasteiger partial charge in [-0.25, -0.2) is 0 Å². The molecule has 6 heteroatoms. The quantitative estimate of drug-likeness (QED) is 0.362. The molecule has 4 rings (SSSR count). The molecule has 0 radical (unpaired) electrons. The number of hydrogen-bond donors (Lipinski definition) is 2. The normalized spacial score (nSPS) is 13.0. The first-order chi connectivity index (χ1) is 17.5. The number of pyridine rings is 1. The van der Waals surface area contributed by atoms with Crippen LogP contribution in [0.2, 0.25) is 0 Å². The molecule has 0 spiro atoms. The summed E-state index contributed by atoms with van der Waals surface area (Å²) in [5, 5.41) is 14.1. The van der Waals surface area contributed by atoms with E-state index >= 15 is 0 Å². The Hall–Kier alpha value is -3.74. The number of aliphatic hydroxyl groups excluding tert-OH is 1. The lowest BCUT2D eigenvalue weighted by atomic mass is 9.99. The second-order valence-corrected chi connectivity index (χ2v) is 9.14. The van der Waals surface area contributed by atoms with E-state index in [9.17, 15) is 14.7 Å². The van der Waals surface area contributed by atoms with Crippen LogP contribution in [0.1, 0.15) is 47.9 Å². The van der Waals surface area contributed by atoms with Crippen LogP contribution in [0, 0.1) is 0 Å². The molecule has 36 heavy (non-hydrogen) atoms. The molecule has 4 aromatic rings. The lowest BCUT2D eigenvalue weighted by molar-refractivity contribution is 0.0933. The minimum Gasteiger partial charge on any atom is -0.395 e. The Kier molecular flexibility index (Phi) is 7.98. The third kappa shape index (κ3) is 5.10. The summed E-state index contributed by atoms with van der Waals surface area (Å²) in [4.78, 5) is 29.8. The SMILES string of the molecule is CCC(NC(=O)c1c(CN(C)[C@@H](C)CO)n(-c2ccccc2)c(=O)c2ccccc12)c1ccccc1. The Morgan fingerprint density at radius 2 is 1.53 bits per heavy atom. The number of carbonyl (C=O) groups is 1. The van der Waals surface area contributed by atoms with E-state index in [4.69, 9.17) is 0 Å². The number of amides is 1. The van der Waals surface area contributed by atoms with Gasteiger partial charge in [-0.3, -0.25) is 19.1 Å². The van der Waals surface area contributed by atoms with Crippen LogP contribution in [-0.2, 0) is 6.54 Å². The van der Waals surface area contributed by atoms with Gasteiger partial charge in [0.2, 0.25) is 0 Å². The lowest BCUT2D eigenvalue weighted by Crippen LogP contribution is -2.37. The van der Waals surface area contributed by atoms with Crippen LogP contribution in [-0.4, -0.2) is 40.2 Å². The fourth-order valence-corrected chi connectivity index (χ4v) is 4.52. The van der Waals surface area contributed by atoms with Gasteiger partial charge in [0.25, 0.3) is 11.5 Å². The van der Waals surface area contributed by atoms with Gasteiger partial charge in [-0.15, -0.1) is 0 Å². The van der Waals surface area contributed by atoms with E-state index in [0.29, 0.717) is 34.3 Å². The second-order valence-electron chi connectivity index (χ2n) is 9.14. The summed E-state index contributed by atoms with van der Waals surface area (Å²) in [6.45, 7) is 4.22. The van der Waals surface area contributed by atoms with Crippen molar-refractivity contribution < 1.29 is 9.90 Å². The van der Waals surface area contributed by atoms with Crippen LogP contribution < -0.4 is 10.9 Å². The maximum absolute atomic E-state index is 14.0. The van der Waals surface area contributed by atoms with Gasteiger partial charge < -0.3 is 10.4 Å². The Morgan fingerprint density at radius 3 is 2.14 bits per heavy atom. The molecular formula is C30H33N3O3. The van der Waals surface area contributed by atoms with Crippen molar-refractivity contribution in [2.45, 2.75) is 38.9 Å². The molecule has 1 amide bonds. The van der Waals surface area contributed by atoms with Crippen molar-refractivity contribution in [1.29, 1.82) is 0 Å². The smallest absolute Gasteiger partial charge is 0.263 e. The van der Waals surface area contributed by atoms with Crippen molar-refractivity contribution in [2.24, 2.45) is 0 Å². The number of nitrogens with one attached hydrogen (secondary N) is 1. The highest BCUT2D eigenvalue weighted by atomic mass is 16.3. The minimum atomic E-state index is -0.230. The van der Waals surface area contributed by atoms with Crippen molar-refractivity contribution in [3.8, 4) is 5.69 Å². The van der Waals surface area contributed by atoms with E-state index < -0.39 is 0 Å². The Morgan fingerprint density at radius 1 is 0.944 bits per heavy atom. The summed E-state index contributed by atoms with van der Waals surface area (Å²) in [5.74, 6) is -0.230. The van der Waals surface area contributed by atoms with Crippen molar-refractivity contribution in [1.82, 2.24) is 14.8 Å². The number of aromatic nitrogens is 1. The summed E-state index contributed by atoms with van der Waals surface area (Å²) < 4.78 is 1.64. The molecule has 1 unspecified atom stereocenters. The average Bonchev–Trinajstić information content (AvgIpc) is 2.92. The fraction of sp³-hybridized carbons (Fsp3) is 0.267. The molecule has 0 aliphatic carbocycles. The van der Waals surface area contributed by atoms with E-state index in [1.165, 1.54) is 0 Å². The Labute approximate surface area is 211 Å². The number of aliphatic hydroxyl groups is 1. The molecule has 0 aliphatic rings. The zero-order valence-electron chi connectivity index (χ0n) is 21.0.